The van der Waals surface area contributed by atoms with Gasteiger partial charge in [0, 0.05) is 11.3 Å². The molecule has 22 heavy (non-hydrogen) atoms. The van der Waals surface area contributed by atoms with Gasteiger partial charge in [0.2, 0.25) is 5.13 Å². The van der Waals surface area contributed by atoms with Gasteiger partial charge in [0.05, 0.1) is 7.11 Å². The summed E-state index contributed by atoms with van der Waals surface area (Å²) in [6, 6.07) is 18.1. The van der Waals surface area contributed by atoms with E-state index >= 15 is 0 Å². The first-order chi connectivity index (χ1) is 10.8. The SMILES string of the molecule is COc1ccc(Cc2nnc(NSc3ccccc3)s2)cc1. The summed E-state index contributed by atoms with van der Waals surface area (Å²) < 4.78 is 8.39. The summed E-state index contributed by atoms with van der Waals surface area (Å²) in [7, 11) is 1.67. The number of hydrogen-bond acceptors (Lipinski definition) is 6. The highest BCUT2D eigenvalue weighted by molar-refractivity contribution is 8.00. The summed E-state index contributed by atoms with van der Waals surface area (Å²) >= 11 is 3.11. The predicted molar refractivity (Wildman–Crippen MR) is 91.6 cm³/mol. The van der Waals surface area contributed by atoms with E-state index in [-0.39, 0.29) is 0 Å². The van der Waals surface area contributed by atoms with E-state index in [2.05, 4.69) is 27.1 Å². The van der Waals surface area contributed by atoms with Gasteiger partial charge in [-0.15, -0.1) is 10.2 Å². The highest BCUT2D eigenvalue weighted by atomic mass is 32.2. The molecule has 3 aromatic rings. The van der Waals surface area contributed by atoms with E-state index in [0.717, 1.165) is 27.2 Å². The van der Waals surface area contributed by atoms with Gasteiger partial charge in [-0.3, -0.25) is 0 Å². The summed E-state index contributed by atoms with van der Waals surface area (Å²) in [5, 5.41) is 10.2. The van der Waals surface area contributed by atoms with Crippen LogP contribution in [0.3, 0.4) is 0 Å². The number of rotatable bonds is 6. The van der Waals surface area contributed by atoms with Crippen molar-refractivity contribution in [1.82, 2.24) is 10.2 Å². The number of methoxy groups -OCH3 is 1. The Morgan fingerprint density at radius 2 is 1.82 bits per heavy atom. The Labute approximate surface area is 137 Å². The normalized spacial score (nSPS) is 10.4. The fourth-order valence-electron chi connectivity index (χ4n) is 1.88. The molecule has 0 aliphatic heterocycles. The Balaban J connectivity index is 1.58. The number of benzene rings is 2. The van der Waals surface area contributed by atoms with Crippen molar-refractivity contribution in [3.05, 3.63) is 65.2 Å². The molecule has 0 radical (unpaired) electrons. The first-order valence-electron chi connectivity index (χ1n) is 6.77. The average molecular weight is 329 g/mol. The van der Waals surface area contributed by atoms with Gasteiger partial charge in [0.1, 0.15) is 10.8 Å². The summed E-state index contributed by atoms with van der Waals surface area (Å²) in [4.78, 5) is 1.15. The van der Waals surface area contributed by atoms with Gasteiger partial charge in [0.15, 0.2) is 0 Å². The summed E-state index contributed by atoms with van der Waals surface area (Å²) in [5.41, 5.74) is 1.19. The van der Waals surface area contributed by atoms with Crippen LogP contribution in [0.5, 0.6) is 5.75 Å². The van der Waals surface area contributed by atoms with Crippen LogP contribution in [-0.4, -0.2) is 17.3 Å². The highest BCUT2D eigenvalue weighted by Gasteiger charge is 2.06. The first-order valence-corrected chi connectivity index (χ1v) is 8.40. The molecule has 0 aliphatic rings. The number of nitrogens with zero attached hydrogens (tertiary/aromatic N) is 2. The molecular formula is C16H15N3OS2. The van der Waals surface area contributed by atoms with Crippen molar-refractivity contribution >= 4 is 28.4 Å². The molecule has 0 saturated carbocycles. The quantitative estimate of drug-likeness (QED) is 0.685. The van der Waals surface area contributed by atoms with Crippen molar-refractivity contribution in [3.8, 4) is 5.75 Å². The van der Waals surface area contributed by atoms with Gasteiger partial charge in [-0.2, -0.15) is 0 Å². The van der Waals surface area contributed by atoms with E-state index in [1.54, 1.807) is 18.4 Å². The third-order valence-corrected chi connectivity index (χ3v) is 4.75. The molecule has 0 bridgehead atoms. The molecule has 0 atom stereocenters. The Bertz CT molecular complexity index is 714. The van der Waals surface area contributed by atoms with Crippen molar-refractivity contribution in [2.24, 2.45) is 0 Å². The van der Waals surface area contributed by atoms with Crippen LogP contribution in [0.4, 0.5) is 5.13 Å². The molecule has 1 aromatic heterocycles. The molecule has 2 aromatic carbocycles. The molecule has 0 amide bonds. The number of hydrogen-bond donors (Lipinski definition) is 1. The van der Waals surface area contributed by atoms with Crippen molar-refractivity contribution in [1.29, 1.82) is 0 Å². The first kappa shape index (κ1) is 14.9. The molecule has 0 fully saturated rings. The number of nitrogens with one attached hydrogen (secondary N) is 1. The maximum Gasteiger partial charge on any atom is 0.215 e. The maximum atomic E-state index is 5.16. The zero-order valence-corrected chi connectivity index (χ0v) is 13.7. The third kappa shape index (κ3) is 3.99. The average Bonchev–Trinajstić information content (AvgIpc) is 3.02. The zero-order chi connectivity index (χ0) is 15.2. The van der Waals surface area contributed by atoms with Crippen molar-refractivity contribution in [2.75, 3.05) is 11.8 Å². The van der Waals surface area contributed by atoms with Crippen molar-refractivity contribution in [3.63, 3.8) is 0 Å². The fourth-order valence-corrected chi connectivity index (χ4v) is 3.33. The highest BCUT2D eigenvalue weighted by Crippen LogP contribution is 2.25. The van der Waals surface area contributed by atoms with Crippen LogP contribution in [0.2, 0.25) is 0 Å². The zero-order valence-electron chi connectivity index (χ0n) is 12.0. The molecule has 1 N–H and O–H groups in total. The monoisotopic (exact) mass is 329 g/mol. The predicted octanol–water partition coefficient (Wildman–Crippen LogP) is 4.26. The van der Waals surface area contributed by atoms with Gasteiger partial charge < -0.3 is 9.46 Å². The Kier molecular flexibility index (Phi) is 4.92. The number of ether oxygens (including phenoxy) is 1. The standard InChI is InChI=1S/C16H15N3OS2/c1-20-13-9-7-12(8-10-13)11-15-17-18-16(21-15)19-22-14-5-3-2-4-6-14/h2-10H,11H2,1H3,(H,18,19). The summed E-state index contributed by atoms with van der Waals surface area (Å²) in [5.74, 6) is 0.864. The van der Waals surface area contributed by atoms with Crippen LogP contribution in [0.1, 0.15) is 10.6 Å². The molecule has 1 heterocycles. The van der Waals surface area contributed by atoms with E-state index < -0.39 is 0 Å². The fraction of sp³-hybridized carbons (Fsp3) is 0.125. The molecule has 6 heteroatoms. The van der Waals surface area contributed by atoms with Gasteiger partial charge in [0.25, 0.3) is 0 Å². The molecule has 0 spiro atoms. The van der Waals surface area contributed by atoms with Crippen LogP contribution in [0, 0.1) is 0 Å². The van der Waals surface area contributed by atoms with Crippen molar-refractivity contribution in [2.45, 2.75) is 11.3 Å². The largest absolute Gasteiger partial charge is 0.497 e. The minimum atomic E-state index is 0.777. The summed E-state index contributed by atoms with van der Waals surface area (Å²) in [6.45, 7) is 0. The molecule has 0 unspecified atom stereocenters. The van der Waals surface area contributed by atoms with E-state index in [9.17, 15) is 0 Å². The lowest BCUT2D eigenvalue weighted by Gasteiger charge is -2.01. The van der Waals surface area contributed by atoms with Crippen LogP contribution in [-0.2, 0) is 6.42 Å². The molecule has 0 saturated heterocycles. The Hall–Kier alpha value is -2.05. The van der Waals surface area contributed by atoms with Crippen LogP contribution in [0.15, 0.2) is 59.5 Å². The molecule has 4 nitrogen and oxygen atoms in total. The molecule has 112 valence electrons. The lowest BCUT2D eigenvalue weighted by atomic mass is 10.1. The van der Waals surface area contributed by atoms with Crippen molar-refractivity contribution < 1.29 is 4.74 Å². The molecular weight excluding hydrogens is 314 g/mol. The van der Waals surface area contributed by atoms with Crippen LogP contribution in [0.25, 0.3) is 0 Å². The Morgan fingerprint density at radius 3 is 2.55 bits per heavy atom. The smallest absolute Gasteiger partial charge is 0.215 e. The van der Waals surface area contributed by atoms with E-state index in [0.29, 0.717) is 0 Å². The van der Waals surface area contributed by atoms with Gasteiger partial charge >= 0.3 is 0 Å². The van der Waals surface area contributed by atoms with Crippen LogP contribution < -0.4 is 9.46 Å². The van der Waals surface area contributed by atoms with Gasteiger partial charge in [-0.05, 0) is 41.8 Å². The third-order valence-electron chi connectivity index (χ3n) is 2.98. The minimum Gasteiger partial charge on any atom is -0.497 e. The second-order valence-corrected chi connectivity index (χ2v) is 6.48. The van der Waals surface area contributed by atoms with Gasteiger partial charge in [-0.1, -0.05) is 41.7 Å². The van der Waals surface area contributed by atoms with Crippen LogP contribution >= 0.6 is 23.3 Å². The number of aromatic nitrogens is 2. The van der Waals surface area contributed by atoms with E-state index in [4.69, 9.17) is 4.74 Å². The van der Waals surface area contributed by atoms with Gasteiger partial charge in [-0.25, -0.2) is 0 Å². The minimum absolute atomic E-state index is 0.777. The lowest BCUT2D eigenvalue weighted by molar-refractivity contribution is 0.414. The lowest BCUT2D eigenvalue weighted by Crippen LogP contribution is -1.88. The topological polar surface area (TPSA) is 47.0 Å². The second-order valence-electron chi connectivity index (χ2n) is 4.54. The van der Waals surface area contributed by atoms with E-state index in [1.165, 1.54) is 17.5 Å². The second kappa shape index (κ2) is 7.29. The Morgan fingerprint density at radius 1 is 1.05 bits per heavy atom. The molecule has 0 aliphatic carbocycles. The van der Waals surface area contributed by atoms with E-state index in [1.807, 2.05) is 42.5 Å². The molecule has 3 rings (SSSR count). The summed E-state index contributed by atoms with van der Waals surface area (Å²) in [6.07, 6.45) is 0.777. The maximum absolute atomic E-state index is 5.16. The number of anilines is 1.